The van der Waals surface area contributed by atoms with Crippen LogP contribution in [0.4, 0.5) is 11.4 Å². The van der Waals surface area contributed by atoms with E-state index in [9.17, 15) is 10.1 Å². The molecule has 0 atom stereocenters. The Bertz CT molecular complexity index is 1080. The Labute approximate surface area is 169 Å². The molecule has 7 nitrogen and oxygen atoms in total. The van der Waals surface area contributed by atoms with Gasteiger partial charge in [-0.15, -0.1) is 0 Å². The van der Waals surface area contributed by atoms with E-state index in [0.717, 1.165) is 41.2 Å². The summed E-state index contributed by atoms with van der Waals surface area (Å²) in [5.74, 6) is 0. The summed E-state index contributed by atoms with van der Waals surface area (Å²) in [6.45, 7) is 6.47. The smallest absolute Gasteiger partial charge is 0.269 e. The number of rotatable bonds is 4. The maximum absolute atomic E-state index is 10.8. The monoisotopic (exact) mass is 389 g/mol. The molecule has 0 saturated heterocycles. The van der Waals surface area contributed by atoms with Crippen molar-refractivity contribution in [2.75, 3.05) is 5.43 Å². The number of hydrogen-bond acceptors (Lipinski definition) is 5. The molecule has 1 aliphatic rings. The molecular weight excluding hydrogens is 366 g/mol. The van der Waals surface area contributed by atoms with Crippen molar-refractivity contribution in [3.05, 3.63) is 81.7 Å². The molecule has 7 heteroatoms. The summed E-state index contributed by atoms with van der Waals surface area (Å²) in [6.07, 6.45) is 1.73. The molecule has 3 aromatic rings. The average molecular weight is 389 g/mol. The number of aryl methyl sites for hydroxylation is 1. The van der Waals surface area contributed by atoms with E-state index in [1.54, 1.807) is 12.1 Å². The molecule has 0 radical (unpaired) electrons. The van der Waals surface area contributed by atoms with E-state index in [4.69, 9.17) is 5.10 Å². The van der Waals surface area contributed by atoms with Crippen molar-refractivity contribution in [3.8, 4) is 5.69 Å². The number of aromatic nitrogens is 2. The van der Waals surface area contributed by atoms with E-state index in [1.807, 2.05) is 29.8 Å². The quantitative estimate of drug-likeness (QED) is 0.509. The van der Waals surface area contributed by atoms with Crippen molar-refractivity contribution < 1.29 is 4.92 Å². The number of nitrogens with zero attached hydrogens (tertiary/aromatic N) is 4. The Kier molecular flexibility index (Phi) is 4.66. The highest BCUT2D eigenvalue weighted by molar-refractivity contribution is 6.04. The van der Waals surface area contributed by atoms with Crippen molar-refractivity contribution >= 4 is 17.1 Å². The molecule has 0 unspecified atom stereocenters. The van der Waals surface area contributed by atoms with Crippen molar-refractivity contribution in [1.29, 1.82) is 0 Å². The molecule has 0 bridgehead atoms. The minimum Gasteiger partial charge on any atom is -0.278 e. The van der Waals surface area contributed by atoms with E-state index in [-0.39, 0.29) is 11.1 Å². The normalized spacial score (nSPS) is 16.4. The number of anilines is 1. The molecule has 0 amide bonds. The summed E-state index contributed by atoms with van der Waals surface area (Å²) < 4.78 is 2.02. The summed E-state index contributed by atoms with van der Waals surface area (Å²) in [5.41, 5.74) is 9.06. The summed E-state index contributed by atoms with van der Waals surface area (Å²) in [7, 11) is 0. The predicted octanol–water partition coefficient (Wildman–Crippen LogP) is 4.88. The number of nitrogens with one attached hydrogen (secondary N) is 1. The molecule has 1 N–H and O–H groups in total. The highest BCUT2D eigenvalue weighted by atomic mass is 16.6. The maximum Gasteiger partial charge on any atom is 0.269 e. The first-order valence-corrected chi connectivity index (χ1v) is 9.55. The first-order valence-electron chi connectivity index (χ1n) is 9.55. The van der Waals surface area contributed by atoms with Crippen molar-refractivity contribution in [2.45, 2.75) is 33.6 Å². The lowest BCUT2D eigenvalue weighted by Crippen LogP contribution is -2.29. The van der Waals surface area contributed by atoms with Gasteiger partial charge in [0.05, 0.1) is 33.4 Å². The molecule has 0 spiro atoms. The fourth-order valence-corrected chi connectivity index (χ4v) is 3.84. The van der Waals surface area contributed by atoms with Gasteiger partial charge in [0.25, 0.3) is 5.69 Å². The number of hydrazone groups is 1. The fraction of sp³-hybridized carbons (Fsp3) is 0.273. The lowest BCUT2D eigenvalue weighted by Gasteiger charge is -2.31. The first-order chi connectivity index (χ1) is 13.8. The number of nitro benzene ring substituents is 1. The summed E-state index contributed by atoms with van der Waals surface area (Å²) >= 11 is 0. The predicted molar refractivity (Wildman–Crippen MR) is 114 cm³/mol. The maximum atomic E-state index is 10.8. The van der Waals surface area contributed by atoms with E-state index >= 15 is 0 Å². The van der Waals surface area contributed by atoms with Crippen LogP contribution in [0, 0.1) is 22.5 Å². The molecule has 29 heavy (non-hydrogen) atoms. The van der Waals surface area contributed by atoms with E-state index in [0.29, 0.717) is 5.69 Å². The second-order valence-electron chi connectivity index (χ2n) is 8.15. The number of benzene rings is 2. The third-order valence-corrected chi connectivity index (χ3v) is 5.14. The van der Waals surface area contributed by atoms with Crippen LogP contribution in [0.5, 0.6) is 0 Å². The van der Waals surface area contributed by atoms with Crippen LogP contribution in [-0.4, -0.2) is 20.4 Å². The van der Waals surface area contributed by atoms with Gasteiger partial charge in [-0.05, 0) is 49.4 Å². The Morgan fingerprint density at radius 2 is 1.79 bits per heavy atom. The van der Waals surface area contributed by atoms with E-state index in [1.165, 1.54) is 12.1 Å². The van der Waals surface area contributed by atoms with Crippen LogP contribution < -0.4 is 5.43 Å². The van der Waals surface area contributed by atoms with Crippen LogP contribution in [0.25, 0.3) is 5.69 Å². The van der Waals surface area contributed by atoms with Crippen molar-refractivity contribution in [3.63, 3.8) is 0 Å². The number of hydrogen-bond donors (Lipinski definition) is 1. The molecular formula is C22H23N5O2. The Balaban J connectivity index is 1.71. The van der Waals surface area contributed by atoms with Crippen molar-refractivity contribution in [2.24, 2.45) is 10.5 Å². The van der Waals surface area contributed by atoms with Crippen LogP contribution in [0.15, 0.2) is 59.7 Å². The van der Waals surface area contributed by atoms with Gasteiger partial charge in [-0.25, -0.2) is 4.68 Å². The summed E-state index contributed by atoms with van der Waals surface area (Å²) in [5, 5.41) is 20.3. The summed E-state index contributed by atoms with van der Waals surface area (Å²) in [6, 6.07) is 16.4. The van der Waals surface area contributed by atoms with Crippen LogP contribution in [0.2, 0.25) is 0 Å². The zero-order valence-corrected chi connectivity index (χ0v) is 16.7. The molecule has 4 rings (SSSR count). The van der Waals surface area contributed by atoms with Gasteiger partial charge in [-0.3, -0.25) is 15.5 Å². The van der Waals surface area contributed by atoms with Crippen molar-refractivity contribution in [1.82, 2.24) is 9.78 Å². The van der Waals surface area contributed by atoms with Crippen LogP contribution >= 0.6 is 0 Å². The minimum atomic E-state index is -0.410. The first kappa shape index (κ1) is 18.9. The van der Waals surface area contributed by atoms with Gasteiger partial charge in [0.1, 0.15) is 0 Å². The lowest BCUT2D eigenvalue weighted by molar-refractivity contribution is -0.384. The molecule has 0 aliphatic heterocycles. The third kappa shape index (κ3) is 3.76. The van der Waals surface area contributed by atoms with Gasteiger partial charge >= 0.3 is 0 Å². The Morgan fingerprint density at radius 1 is 1.10 bits per heavy atom. The SMILES string of the molecule is Cc1nn(-c2ccccc2)c2c1/C(=N/Nc1ccc([N+](=O)[O-])cc1)CC(C)(C)C2. The topological polar surface area (TPSA) is 85.3 Å². The number of nitro groups is 1. The molecule has 0 saturated carbocycles. The van der Waals surface area contributed by atoms with Gasteiger partial charge in [0, 0.05) is 17.7 Å². The largest absolute Gasteiger partial charge is 0.278 e. The third-order valence-electron chi connectivity index (χ3n) is 5.14. The van der Waals surface area contributed by atoms with Crippen LogP contribution in [0.1, 0.15) is 37.2 Å². The molecule has 2 aromatic carbocycles. The van der Waals surface area contributed by atoms with E-state index in [2.05, 4.69) is 36.5 Å². The molecule has 0 fully saturated rings. The molecule has 1 aliphatic carbocycles. The fourth-order valence-electron chi connectivity index (χ4n) is 3.84. The highest BCUT2D eigenvalue weighted by Gasteiger charge is 2.34. The molecule has 1 heterocycles. The van der Waals surface area contributed by atoms with Gasteiger partial charge < -0.3 is 0 Å². The number of para-hydroxylation sites is 1. The van der Waals surface area contributed by atoms with Gasteiger partial charge in [-0.1, -0.05) is 32.0 Å². The Hall–Kier alpha value is -3.48. The number of fused-ring (bicyclic) bond motifs is 1. The highest BCUT2D eigenvalue weighted by Crippen LogP contribution is 2.37. The molecule has 1 aromatic heterocycles. The number of non-ortho nitro benzene ring substituents is 1. The second-order valence-corrected chi connectivity index (χ2v) is 8.15. The zero-order chi connectivity index (χ0) is 20.6. The van der Waals surface area contributed by atoms with E-state index < -0.39 is 4.92 Å². The van der Waals surface area contributed by atoms with Gasteiger partial charge in [-0.2, -0.15) is 10.2 Å². The lowest BCUT2D eigenvalue weighted by atomic mass is 9.75. The Morgan fingerprint density at radius 3 is 2.45 bits per heavy atom. The average Bonchev–Trinajstić information content (AvgIpc) is 3.02. The second kappa shape index (κ2) is 7.16. The van der Waals surface area contributed by atoms with Gasteiger partial charge in [0.15, 0.2) is 0 Å². The summed E-state index contributed by atoms with van der Waals surface area (Å²) in [4.78, 5) is 10.4. The zero-order valence-electron chi connectivity index (χ0n) is 16.7. The molecule has 148 valence electrons. The van der Waals surface area contributed by atoms with Crippen LogP contribution in [0.3, 0.4) is 0 Å². The van der Waals surface area contributed by atoms with Crippen LogP contribution in [-0.2, 0) is 6.42 Å². The standard InChI is InChI=1S/C22H23N5O2/c1-15-21-19(24-23-16-9-11-18(12-10-16)27(28)29)13-22(2,3)14-20(21)26(25-15)17-7-5-4-6-8-17/h4-12,23H,13-14H2,1-3H3/b24-19+. The van der Waals surface area contributed by atoms with Gasteiger partial charge in [0.2, 0.25) is 0 Å². The minimum absolute atomic E-state index is 0.0436.